The van der Waals surface area contributed by atoms with Crippen LogP contribution in [-0.2, 0) is 23.7 Å². The Morgan fingerprint density at radius 2 is 1.50 bits per heavy atom. The number of amides is 4. The molecule has 0 aliphatic carbocycles. The summed E-state index contributed by atoms with van der Waals surface area (Å²) in [6.07, 6.45) is -1.20. The van der Waals surface area contributed by atoms with Gasteiger partial charge in [-0.25, -0.2) is 9.59 Å². The predicted octanol–water partition coefficient (Wildman–Crippen LogP) is 1.01. The van der Waals surface area contributed by atoms with Crippen molar-refractivity contribution < 1.29 is 33.3 Å². The second-order valence-corrected chi connectivity index (χ2v) is 9.21. The molecule has 0 saturated carbocycles. The van der Waals surface area contributed by atoms with Gasteiger partial charge in [-0.15, -0.1) is 23.5 Å². The maximum atomic E-state index is 13.1. The van der Waals surface area contributed by atoms with Crippen LogP contribution in [0.1, 0.15) is 13.8 Å². The summed E-state index contributed by atoms with van der Waals surface area (Å²) < 4.78 is 21.6. The van der Waals surface area contributed by atoms with Gasteiger partial charge < -0.3 is 23.8 Å². The van der Waals surface area contributed by atoms with Gasteiger partial charge in [-0.3, -0.25) is 19.5 Å². The van der Waals surface area contributed by atoms with Gasteiger partial charge >= 0.3 is 18.0 Å². The van der Waals surface area contributed by atoms with E-state index < -0.39 is 18.3 Å². The lowest BCUT2D eigenvalue weighted by molar-refractivity contribution is -0.145. The monoisotopic (exact) mass is 464 g/mol. The molecule has 0 bridgehead atoms. The maximum Gasteiger partial charge on any atom is 0.328 e. The number of carbonyl (C=O) groups is 3. The van der Waals surface area contributed by atoms with Gasteiger partial charge in [0.1, 0.15) is 24.3 Å². The number of esters is 1. The molecule has 11 nitrogen and oxygen atoms in total. The number of likely N-dealkylation sites (N-methyl/N-ethyl adjacent to an activating group) is 1. The largest absolute Gasteiger partial charge is 0.444 e. The summed E-state index contributed by atoms with van der Waals surface area (Å²) >= 11 is 3.32. The van der Waals surface area contributed by atoms with Crippen LogP contribution in [0.2, 0.25) is 0 Å². The summed E-state index contributed by atoms with van der Waals surface area (Å²) in [5, 5.41) is 0. The smallest absolute Gasteiger partial charge is 0.328 e. The molecule has 4 amide bonds. The number of urea groups is 2. The van der Waals surface area contributed by atoms with Gasteiger partial charge in [0.15, 0.2) is 19.1 Å². The molecule has 30 heavy (non-hydrogen) atoms. The van der Waals surface area contributed by atoms with E-state index in [9.17, 15) is 14.4 Å². The Hall–Kier alpha value is -1.41. The zero-order valence-electron chi connectivity index (χ0n) is 17.5. The molecule has 3 fully saturated rings. The van der Waals surface area contributed by atoms with Gasteiger partial charge in [0.25, 0.3) is 0 Å². The molecule has 0 N–H and O–H groups in total. The average Bonchev–Trinajstić information content (AvgIpc) is 3.15. The number of carbonyl (C=O) groups excluding carboxylic acids is 3. The highest BCUT2D eigenvalue weighted by Gasteiger charge is 2.59. The standard InChI is InChI=1S/C17H28N4O7S2/c1-5-18-14-15(19(8-25-3)17(24)20(14)9-27-11(2)22)21(16(18)23)10-28-13-7-29-12(26-4)6-30-13/h12-15H,5-10H2,1-4H3. The predicted molar refractivity (Wildman–Crippen MR) is 110 cm³/mol. The van der Waals surface area contributed by atoms with Crippen molar-refractivity contribution in [1.82, 2.24) is 19.6 Å². The first-order valence-corrected chi connectivity index (χ1v) is 11.7. The van der Waals surface area contributed by atoms with E-state index in [0.29, 0.717) is 6.54 Å². The number of hydrogen-bond acceptors (Lipinski definition) is 9. The Kier molecular flexibility index (Phi) is 7.96. The van der Waals surface area contributed by atoms with E-state index >= 15 is 0 Å². The van der Waals surface area contributed by atoms with Crippen LogP contribution in [0.4, 0.5) is 9.59 Å². The van der Waals surface area contributed by atoms with Crippen LogP contribution in [0, 0.1) is 0 Å². The number of methoxy groups -OCH3 is 2. The van der Waals surface area contributed by atoms with Gasteiger partial charge in [-0.05, 0) is 6.92 Å². The number of ether oxygens (including phenoxy) is 4. The van der Waals surface area contributed by atoms with Crippen LogP contribution in [0.3, 0.4) is 0 Å². The minimum Gasteiger partial charge on any atom is -0.444 e. The lowest BCUT2D eigenvalue weighted by Gasteiger charge is -2.31. The van der Waals surface area contributed by atoms with Crippen LogP contribution >= 0.6 is 23.5 Å². The molecular weight excluding hydrogens is 436 g/mol. The van der Waals surface area contributed by atoms with Crippen molar-refractivity contribution in [2.24, 2.45) is 0 Å². The SMILES string of the molecule is CCN1C(=O)N(COC2CSC(OC)CS2)C2C1N(COC(C)=O)C(=O)N2COC. The van der Waals surface area contributed by atoms with E-state index in [1.807, 2.05) is 6.92 Å². The van der Waals surface area contributed by atoms with Crippen molar-refractivity contribution in [1.29, 1.82) is 0 Å². The third-order valence-electron chi connectivity index (χ3n) is 5.04. The van der Waals surface area contributed by atoms with Gasteiger partial charge in [0, 0.05) is 39.2 Å². The van der Waals surface area contributed by atoms with Crippen molar-refractivity contribution in [3.05, 3.63) is 0 Å². The van der Waals surface area contributed by atoms with E-state index in [2.05, 4.69) is 0 Å². The normalized spacial score (nSPS) is 29.1. The van der Waals surface area contributed by atoms with Crippen LogP contribution in [-0.4, -0.2) is 113 Å². The van der Waals surface area contributed by atoms with Crippen molar-refractivity contribution in [2.75, 3.05) is 52.5 Å². The summed E-state index contributed by atoms with van der Waals surface area (Å²) in [6, 6.07) is -0.605. The van der Waals surface area contributed by atoms with Gasteiger partial charge in [0.05, 0.1) is 0 Å². The van der Waals surface area contributed by atoms with Crippen LogP contribution in [0.25, 0.3) is 0 Å². The van der Waals surface area contributed by atoms with Crippen LogP contribution < -0.4 is 0 Å². The molecule has 0 radical (unpaired) electrons. The molecule has 3 rings (SSSR count). The summed E-state index contributed by atoms with van der Waals surface area (Å²) in [5.74, 6) is 1.05. The minimum atomic E-state index is -0.603. The number of hydrogen-bond donors (Lipinski definition) is 0. The van der Waals surface area contributed by atoms with E-state index in [4.69, 9.17) is 18.9 Å². The minimum absolute atomic E-state index is 0.00144. The number of rotatable bonds is 9. The second kappa shape index (κ2) is 10.3. The average molecular weight is 465 g/mol. The first kappa shape index (κ1) is 23.3. The fourth-order valence-electron chi connectivity index (χ4n) is 3.64. The Bertz CT molecular complexity index is 650. The van der Waals surface area contributed by atoms with Crippen LogP contribution in [0.5, 0.6) is 0 Å². The number of fused-ring (bicyclic) bond motifs is 1. The van der Waals surface area contributed by atoms with Gasteiger partial charge in [-0.1, -0.05) is 0 Å². The highest BCUT2D eigenvalue weighted by Crippen LogP contribution is 2.36. The molecule has 3 heterocycles. The molecule has 0 aromatic rings. The maximum absolute atomic E-state index is 13.1. The van der Waals surface area contributed by atoms with Gasteiger partial charge in [-0.2, -0.15) is 0 Å². The van der Waals surface area contributed by atoms with E-state index in [-0.39, 0.29) is 43.1 Å². The number of nitrogens with zero attached hydrogens (tertiary/aromatic N) is 4. The second-order valence-electron chi connectivity index (χ2n) is 6.83. The Morgan fingerprint density at radius 3 is 2.07 bits per heavy atom. The molecular formula is C17H28N4O7S2. The molecule has 3 aliphatic heterocycles. The van der Waals surface area contributed by atoms with E-state index in [0.717, 1.165) is 11.5 Å². The molecule has 0 spiro atoms. The van der Waals surface area contributed by atoms with E-state index in [1.165, 1.54) is 28.7 Å². The fourth-order valence-corrected chi connectivity index (χ4v) is 6.15. The molecule has 0 aromatic heterocycles. The summed E-state index contributed by atoms with van der Waals surface area (Å²) in [5.41, 5.74) is 0.0659. The van der Waals surface area contributed by atoms with Crippen molar-refractivity contribution in [3.63, 3.8) is 0 Å². The van der Waals surface area contributed by atoms with Crippen LogP contribution in [0.15, 0.2) is 0 Å². The Labute approximate surface area is 184 Å². The fraction of sp³-hybridized carbons (Fsp3) is 0.824. The lowest BCUT2D eigenvalue weighted by atomic mass is 10.3. The Morgan fingerprint density at radius 1 is 0.933 bits per heavy atom. The van der Waals surface area contributed by atoms with E-state index in [1.54, 1.807) is 35.5 Å². The molecule has 170 valence electrons. The molecule has 0 aromatic carbocycles. The summed E-state index contributed by atoms with van der Waals surface area (Å²) in [6.45, 7) is 3.32. The first-order valence-electron chi connectivity index (χ1n) is 9.57. The third kappa shape index (κ3) is 4.59. The van der Waals surface area contributed by atoms with Crippen molar-refractivity contribution in [3.8, 4) is 0 Å². The summed E-state index contributed by atoms with van der Waals surface area (Å²) in [7, 11) is 3.17. The zero-order valence-corrected chi connectivity index (χ0v) is 19.1. The third-order valence-corrected chi connectivity index (χ3v) is 7.86. The van der Waals surface area contributed by atoms with Crippen molar-refractivity contribution in [2.45, 2.75) is 37.1 Å². The van der Waals surface area contributed by atoms with Gasteiger partial charge in [0.2, 0.25) is 0 Å². The topological polar surface area (TPSA) is 101 Å². The highest BCUT2D eigenvalue weighted by atomic mass is 32.2. The molecule has 3 saturated heterocycles. The lowest BCUT2D eigenvalue weighted by Crippen LogP contribution is -2.48. The first-order chi connectivity index (χ1) is 14.4. The zero-order chi connectivity index (χ0) is 21.8. The molecule has 13 heteroatoms. The molecule has 3 aliphatic rings. The Balaban J connectivity index is 1.74. The highest BCUT2D eigenvalue weighted by molar-refractivity contribution is 8.06. The quantitative estimate of drug-likeness (QED) is 0.463. The number of thioether (sulfide) groups is 2. The molecule has 4 unspecified atom stereocenters. The van der Waals surface area contributed by atoms with Crippen molar-refractivity contribution >= 4 is 41.6 Å². The summed E-state index contributed by atoms with van der Waals surface area (Å²) in [4.78, 5) is 43.3. The molecule has 4 atom stereocenters.